The number of fused-ring (bicyclic) bond motifs is 2. The molecule has 4 rings (SSSR count). The monoisotopic (exact) mass is 354 g/mol. The highest BCUT2D eigenvalue weighted by molar-refractivity contribution is 6.02. The quantitative estimate of drug-likeness (QED) is 0.320. The SMILES string of the molecule is Cc1cc(C)c(C(=O)OCc2c3ccccc3cc3ccccc23)c(C)c1. The van der Waals surface area contributed by atoms with Gasteiger partial charge in [-0.1, -0.05) is 66.2 Å². The molecule has 0 atom stereocenters. The Morgan fingerprint density at radius 3 is 1.85 bits per heavy atom. The van der Waals surface area contributed by atoms with Crippen LogP contribution in [-0.4, -0.2) is 5.97 Å². The summed E-state index contributed by atoms with van der Waals surface area (Å²) in [5, 5.41) is 4.57. The van der Waals surface area contributed by atoms with Crippen molar-refractivity contribution in [2.45, 2.75) is 27.4 Å². The summed E-state index contributed by atoms with van der Waals surface area (Å²) in [5.41, 5.74) is 4.80. The van der Waals surface area contributed by atoms with Crippen molar-refractivity contribution >= 4 is 27.5 Å². The lowest BCUT2D eigenvalue weighted by atomic mass is 9.97. The Morgan fingerprint density at radius 2 is 1.30 bits per heavy atom. The molecule has 0 aliphatic heterocycles. The maximum atomic E-state index is 12.8. The van der Waals surface area contributed by atoms with Crippen LogP contribution in [0.25, 0.3) is 21.5 Å². The highest BCUT2D eigenvalue weighted by Crippen LogP contribution is 2.29. The lowest BCUT2D eigenvalue weighted by Gasteiger charge is -2.14. The van der Waals surface area contributed by atoms with Crippen molar-refractivity contribution in [2.75, 3.05) is 0 Å². The molecule has 0 spiro atoms. The Balaban J connectivity index is 1.74. The number of carbonyl (C=O) groups is 1. The molecule has 0 unspecified atom stereocenters. The first-order chi connectivity index (χ1) is 13.0. The molecule has 0 aromatic heterocycles. The highest BCUT2D eigenvalue weighted by Gasteiger charge is 2.16. The standard InChI is InChI=1S/C25H22O2/c1-16-12-17(2)24(18(3)13-16)25(26)27-15-23-21-10-6-4-8-19(21)14-20-9-5-7-11-22(20)23/h4-14H,15H2,1-3H3. The van der Waals surface area contributed by atoms with Crippen LogP contribution in [0.4, 0.5) is 0 Å². The fourth-order valence-electron chi connectivity index (χ4n) is 3.98. The molecule has 27 heavy (non-hydrogen) atoms. The molecule has 0 saturated carbocycles. The predicted molar refractivity (Wildman–Crippen MR) is 111 cm³/mol. The molecule has 4 aromatic rings. The zero-order valence-electron chi connectivity index (χ0n) is 15.9. The van der Waals surface area contributed by atoms with Gasteiger partial charge in [0.15, 0.2) is 0 Å². The highest BCUT2D eigenvalue weighted by atomic mass is 16.5. The number of ether oxygens (including phenoxy) is 1. The Kier molecular flexibility index (Phi) is 4.41. The third-order valence-electron chi connectivity index (χ3n) is 5.11. The molecule has 0 heterocycles. The van der Waals surface area contributed by atoms with E-state index < -0.39 is 0 Å². The van der Waals surface area contributed by atoms with E-state index in [1.165, 1.54) is 0 Å². The largest absolute Gasteiger partial charge is 0.457 e. The van der Waals surface area contributed by atoms with E-state index in [0.29, 0.717) is 5.56 Å². The minimum Gasteiger partial charge on any atom is -0.457 e. The summed E-state index contributed by atoms with van der Waals surface area (Å²) in [6, 6.07) is 22.7. The van der Waals surface area contributed by atoms with Crippen LogP contribution in [0.5, 0.6) is 0 Å². The zero-order chi connectivity index (χ0) is 19.0. The molecule has 0 N–H and O–H groups in total. The van der Waals surface area contributed by atoms with E-state index in [9.17, 15) is 4.79 Å². The van der Waals surface area contributed by atoms with Crippen LogP contribution in [0.15, 0.2) is 66.7 Å². The number of benzene rings is 4. The molecule has 0 fully saturated rings. The van der Waals surface area contributed by atoms with Crippen LogP contribution in [0.1, 0.15) is 32.6 Å². The van der Waals surface area contributed by atoms with E-state index in [2.05, 4.69) is 30.3 Å². The zero-order valence-corrected chi connectivity index (χ0v) is 15.9. The molecule has 0 aliphatic carbocycles. The number of aryl methyl sites for hydroxylation is 3. The van der Waals surface area contributed by atoms with Gasteiger partial charge < -0.3 is 4.74 Å². The van der Waals surface area contributed by atoms with Gasteiger partial charge in [0, 0.05) is 5.56 Å². The first-order valence-electron chi connectivity index (χ1n) is 9.19. The minimum atomic E-state index is -0.262. The van der Waals surface area contributed by atoms with E-state index in [1.807, 2.05) is 57.2 Å². The Bertz CT molecular complexity index is 1090. The summed E-state index contributed by atoms with van der Waals surface area (Å²) in [7, 11) is 0. The summed E-state index contributed by atoms with van der Waals surface area (Å²) < 4.78 is 5.79. The van der Waals surface area contributed by atoms with E-state index >= 15 is 0 Å². The number of hydrogen-bond acceptors (Lipinski definition) is 2. The van der Waals surface area contributed by atoms with Crippen LogP contribution < -0.4 is 0 Å². The van der Waals surface area contributed by atoms with Gasteiger partial charge in [-0.3, -0.25) is 0 Å². The molecular weight excluding hydrogens is 332 g/mol. The van der Waals surface area contributed by atoms with Crippen LogP contribution in [0, 0.1) is 20.8 Å². The number of rotatable bonds is 3. The summed E-state index contributed by atoms with van der Waals surface area (Å²) in [5.74, 6) is -0.262. The average molecular weight is 354 g/mol. The predicted octanol–water partition coefficient (Wildman–Crippen LogP) is 6.28. The maximum absolute atomic E-state index is 12.8. The molecular formula is C25H22O2. The second kappa shape index (κ2) is 6.88. The molecule has 0 bridgehead atoms. The van der Waals surface area contributed by atoms with E-state index in [-0.39, 0.29) is 12.6 Å². The van der Waals surface area contributed by atoms with Gasteiger partial charge in [-0.05, 0) is 59.5 Å². The average Bonchev–Trinajstić information content (AvgIpc) is 2.64. The Morgan fingerprint density at radius 1 is 0.778 bits per heavy atom. The minimum absolute atomic E-state index is 0.257. The summed E-state index contributed by atoms with van der Waals surface area (Å²) in [6.45, 7) is 6.22. The lowest BCUT2D eigenvalue weighted by molar-refractivity contribution is 0.0474. The van der Waals surface area contributed by atoms with Gasteiger partial charge in [-0.2, -0.15) is 0 Å². The smallest absolute Gasteiger partial charge is 0.339 e. The first kappa shape index (κ1) is 17.3. The Hall–Kier alpha value is -3.13. The summed E-state index contributed by atoms with van der Waals surface area (Å²) in [6.07, 6.45) is 0. The summed E-state index contributed by atoms with van der Waals surface area (Å²) in [4.78, 5) is 12.8. The third kappa shape index (κ3) is 3.19. The van der Waals surface area contributed by atoms with Crippen molar-refractivity contribution in [1.29, 1.82) is 0 Å². The van der Waals surface area contributed by atoms with Crippen LogP contribution >= 0.6 is 0 Å². The summed E-state index contributed by atoms with van der Waals surface area (Å²) >= 11 is 0. The van der Waals surface area contributed by atoms with Gasteiger partial charge in [0.2, 0.25) is 0 Å². The maximum Gasteiger partial charge on any atom is 0.339 e. The molecule has 4 aromatic carbocycles. The molecule has 0 radical (unpaired) electrons. The van der Waals surface area contributed by atoms with Crippen molar-refractivity contribution in [3.05, 3.63) is 94.5 Å². The molecule has 0 aliphatic rings. The molecule has 2 heteroatoms. The van der Waals surface area contributed by atoms with Crippen LogP contribution in [0.3, 0.4) is 0 Å². The van der Waals surface area contributed by atoms with Crippen molar-refractivity contribution in [1.82, 2.24) is 0 Å². The molecule has 0 amide bonds. The normalized spacial score (nSPS) is 11.1. The topological polar surface area (TPSA) is 26.3 Å². The van der Waals surface area contributed by atoms with E-state index in [1.54, 1.807) is 0 Å². The van der Waals surface area contributed by atoms with Gasteiger partial charge in [-0.15, -0.1) is 0 Å². The second-order valence-electron chi connectivity index (χ2n) is 7.15. The van der Waals surface area contributed by atoms with Gasteiger partial charge in [-0.25, -0.2) is 4.79 Å². The Labute approximate surface area is 159 Å². The third-order valence-corrected chi connectivity index (χ3v) is 5.11. The molecule has 0 saturated heterocycles. The first-order valence-corrected chi connectivity index (χ1v) is 9.19. The van der Waals surface area contributed by atoms with Gasteiger partial charge in [0.1, 0.15) is 6.61 Å². The van der Waals surface area contributed by atoms with E-state index in [4.69, 9.17) is 4.74 Å². The van der Waals surface area contributed by atoms with Crippen molar-refractivity contribution in [3.63, 3.8) is 0 Å². The molecule has 2 nitrogen and oxygen atoms in total. The number of hydrogen-bond donors (Lipinski definition) is 0. The van der Waals surface area contributed by atoms with Gasteiger partial charge >= 0.3 is 5.97 Å². The van der Waals surface area contributed by atoms with Crippen molar-refractivity contribution < 1.29 is 9.53 Å². The fourth-order valence-corrected chi connectivity index (χ4v) is 3.98. The number of carbonyl (C=O) groups excluding carboxylic acids is 1. The van der Waals surface area contributed by atoms with Crippen molar-refractivity contribution in [2.24, 2.45) is 0 Å². The van der Waals surface area contributed by atoms with E-state index in [0.717, 1.165) is 43.8 Å². The lowest BCUT2D eigenvalue weighted by Crippen LogP contribution is -2.10. The number of esters is 1. The van der Waals surface area contributed by atoms with Crippen molar-refractivity contribution in [3.8, 4) is 0 Å². The molecule has 134 valence electrons. The van der Waals surface area contributed by atoms with Gasteiger partial charge in [0.05, 0.1) is 5.56 Å². The second-order valence-corrected chi connectivity index (χ2v) is 7.15. The fraction of sp³-hybridized carbons (Fsp3) is 0.160. The van der Waals surface area contributed by atoms with Gasteiger partial charge in [0.25, 0.3) is 0 Å². The van der Waals surface area contributed by atoms with Crippen LogP contribution in [0.2, 0.25) is 0 Å². The van der Waals surface area contributed by atoms with Crippen LogP contribution in [-0.2, 0) is 11.3 Å².